The molecule has 1 amide bonds. The van der Waals surface area contributed by atoms with Crippen LogP contribution in [-0.2, 0) is 14.3 Å². The lowest BCUT2D eigenvalue weighted by atomic mass is 9.79. The summed E-state index contributed by atoms with van der Waals surface area (Å²) in [7, 11) is 3.07. The Morgan fingerprint density at radius 1 is 1.09 bits per heavy atom. The first-order valence-corrected chi connectivity index (χ1v) is 11.9. The van der Waals surface area contributed by atoms with E-state index in [2.05, 4.69) is 5.32 Å². The Bertz CT molecular complexity index is 1110. The van der Waals surface area contributed by atoms with Gasteiger partial charge in [-0.05, 0) is 44.0 Å². The van der Waals surface area contributed by atoms with Gasteiger partial charge in [0.2, 0.25) is 0 Å². The van der Waals surface area contributed by atoms with Gasteiger partial charge in [0, 0.05) is 12.0 Å². The summed E-state index contributed by atoms with van der Waals surface area (Å²) in [6.07, 6.45) is 2.68. The number of hydrogen-bond donors (Lipinski definition) is 1. The molecule has 1 N–H and O–H groups in total. The van der Waals surface area contributed by atoms with Crippen molar-refractivity contribution in [2.24, 2.45) is 5.92 Å². The van der Waals surface area contributed by atoms with Crippen molar-refractivity contribution in [3.8, 4) is 11.5 Å². The molecule has 0 radical (unpaired) electrons. The highest BCUT2D eigenvalue weighted by Crippen LogP contribution is 2.41. The molecule has 1 aliphatic rings. The van der Waals surface area contributed by atoms with Gasteiger partial charge in [-0.3, -0.25) is 9.59 Å². The summed E-state index contributed by atoms with van der Waals surface area (Å²) in [6.45, 7) is 1.58. The second-order valence-electron chi connectivity index (χ2n) is 8.15. The first-order chi connectivity index (χ1) is 16.0. The molecule has 3 atom stereocenters. The molecule has 0 bridgehead atoms. The van der Waals surface area contributed by atoms with Crippen LogP contribution in [0.1, 0.15) is 43.5 Å². The third-order valence-electron chi connectivity index (χ3n) is 6.02. The average molecular weight is 469 g/mol. The monoisotopic (exact) mass is 468 g/mol. The highest BCUT2D eigenvalue weighted by Gasteiger charge is 2.36. The molecule has 1 aromatic heterocycles. The Balaban J connectivity index is 1.45. The lowest BCUT2D eigenvalue weighted by Gasteiger charge is -2.29. The normalized spacial score (nSPS) is 19.0. The molecule has 8 heteroatoms. The number of fused-ring (bicyclic) bond motifs is 1. The number of para-hydroxylation sites is 1. The molecule has 3 unspecified atom stereocenters. The number of nitrogens with one attached hydrogen (secondary N) is 1. The van der Waals surface area contributed by atoms with Crippen LogP contribution in [0.25, 0.3) is 10.2 Å². The number of thiazole rings is 1. The van der Waals surface area contributed by atoms with Gasteiger partial charge in [-0.25, -0.2) is 4.98 Å². The first-order valence-electron chi connectivity index (χ1n) is 11.1. The summed E-state index contributed by atoms with van der Waals surface area (Å²) in [5.41, 5.74) is 1.41. The zero-order valence-electron chi connectivity index (χ0n) is 19.0. The van der Waals surface area contributed by atoms with Crippen LogP contribution in [0.5, 0.6) is 11.5 Å². The lowest BCUT2D eigenvalue weighted by Crippen LogP contribution is -2.35. The number of methoxy groups -OCH3 is 2. The van der Waals surface area contributed by atoms with E-state index >= 15 is 0 Å². The number of amides is 1. The van der Waals surface area contributed by atoms with E-state index in [1.54, 1.807) is 43.6 Å². The van der Waals surface area contributed by atoms with E-state index in [1.807, 2.05) is 24.3 Å². The number of rotatable bonds is 7. The molecule has 7 nitrogen and oxygen atoms in total. The highest BCUT2D eigenvalue weighted by molar-refractivity contribution is 7.18. The molecule has 1 saturated carbocycles. The van der Waals surface area contributed by atoms with Gasteiger partial charge in [-0.1, -0.05) is 25.0 Å². The van der Waals surface area contributed by atoms with Crippen molar-refractivity contribution >= 4 is 39.1 Å². The largest absolute Gasteiger partial charge is 0.497 e. The van der Waals surface area contributed by atoms with E-state index in [9.17, 15) is 9.59 Å². The quantitative estimate of drug-likeness (QED) is 0.482. The molecular formula is C25H28N2O5S. The van der Waals surface area contributed by atoms with Crippen LogP contribution in [0.4, 0.5) is 5.69 Å². The van der Waals surface area contributed by atoms with E-state index in [1.165, 1.54) is 7.11 Å². The van der Waals surface area contributed by atoms with E-state index < -0.39 is 12.0 Å². The summed E-state index contributed by atoms with van der Waals surface area (Å²) in [5.74, 6) is 0.00209. The Hall–Kier alpha value is -3.13. The molecule has 1 heterocycles. The zero-order chi connectivity index (χ0) is 23.4. The second kappa shape index (κ2) is 10.2. The van der Waals surface area contributed by atoms with Crippen molar-refractivity contribution in [1.29, 1.82) is 0 Å². The minimum absolute atomic E-state index is 0.0115. The van der Waals surface area contributed by atoms with Crippen molar-refractivity contribution in [3.05, 3.63) is 47.5 Å². The Morgan fingerprint density at radius 3 is 2.64 bits per heavy atom. The Labute approximate surface area is 197 Å². The topological polar surface area (TPSA) is 86.8 Å². The predicted molar refractivity (Wildman–Crippen MR) is 128 cm³/mol. The standard InChI is InChI=1S/C25H28N2O5S/c1-15(23(28)26-20-14-16(30-2)12-13-21(20)31-3)32-25(29)18-9-5-4-8-17(18)24-27-19-10-6-7-11-22(19)33-24/h6-7,10-15,17-18H,4-5,8-9H2,1-3H3,(H,26,28). The Kier molecular flexibility index (Phi) is 7.13. The number of carbonyl (C=O) groups is 2. The van der Waals surface area contributed by atoms with Crippen LogP contribution in [0.3, 0.4) is 0 Å². The van der Waals surface area contributed by atoms with Crippen molar-refractivity contribution in [1.82, 2.24) is 4.98 Å². The molecule has 1 aliphatic carbocycles. The van der Waals surface area contributed by atoms with Crippen molar-refractivity contribution in [2.75, 3.05) is 19.5 Å². The fourth-order valence-electron chi connectivity index (χ4n) is 4.22. The van der Waals surface area contributed by atoms with Gasteiger partial charge in [-0.2, -0.15) is 0 Å². The number of aromatic nitrogens is 1. The maximum Gasteiger partial charge on any atom is 0.310 e. The summed E-state index contributed by atoms with van der Waals surface area (Å²) in [6, 6.07) is 13.1. The third kappa shape index (κ3) is 5.11. The number of esters is 1. The number of nitrogens with zero attached hydrogens (tertiary/aromatic N) is 1. The van der Waals surface area contributed by atoms with Gasteiger partial charge >= 0.3 is 5.97 Å². The minimum atomic E-state index is -0.952. The summed E-state index contributed by atoms with van der Waals surface area (Å²) in [4.78, 5) is 30.7. The number of ether oxygens (including phenoxy) is 3. The molecule has 0 aliphatic heterocycles. The van der Waals surface area contributed by atoms with E-state index in [4.69, 9.17) is 19.2 Å². The van der Waals surface area contributed by atoms with Gasteiger partial charge in [0.1, 0.15) is 11.5 Å². The molecule has 3 aromatic rings. The number of hydrogen-bond acceptors (Lipinski definition) is 7. The molecule has 0 saturated heterocycles. The van der Waals surface area contributed by atoms with Crippen LogP contribution >= 0.6 is 11.3 Å². The van der Waals surface area contributed by atoms with Gasteiger partial charge in [0.25, 0.3) is 5.91 Å². The highest BCUT2D eigenvalue weighted by atomic mass is 32.1. The van der Waals surface area contributed by atoms with Crippen molar-refractivity contribution in [3.63, 3.8) is 0 Å². The fraction of sp³-hybridized carbons (Fsp3) is 0.400. The molecule has 4 rings (SSSR count). The van der Waals surface area contributed by atoms with E-state index in [0.29, 0.717) is 17.2 Å². The molecular weight excluding hydrogens is 440 g/mol. The molecule has 33 heavy (non-hydrogen) atoms. The molecule has 0 spiro atoms. The molecule has 2 aromatic carbocycles. The van der Waals surface area contributed by atoms with E-state index in [0.717, 1.165) is 40.9 Å². The first kappa shape index (κ1) is 23.0. The van der Waals surface area contributed by atoms with Gasteiger partial charge in [-0.15, -0.1) is 11.3 Å². The number of carbonyl (C=O) groups excluding carboxylic acids is 2. The third-order valence-corrected chi connectivity index (χ3v) is 7.19. The van der Waals surface area contributed by atoms with Gasteiger partial charge in [0.15, 0.2) is 6.10 Å². The smallest absolute Gasteiger partial charge is 0.310 e. The minimum Gasteiger partial charge on any atom is -0.497 e. The van der Waals surface area contributed by atoms with Gasteiger partial charge in [0.05, 0.1) is 41.0 Å². The van der Waals surface area contributed by atoms with Crippen molar-refractivity contribution < 1.29 is 23.8 Å². The fourth-order valence-corrected chi connectivity index (χ4v) is 5.39. The van der Waals surface area contributed by atoms with Crippen LogP contribution in [-0.4, -0.2) is 37.2 Å². The van der Waals surface area contributed by atoms with E-state index in [-0.39, 0.29) is 17.8 Å². The molecule has 174 valence electrons. The number of benzene rings is 2. The van der Waals surface area contributed by atoms with Crippen LogP contribution in [0, 0.1) is 5.92 Å². The summed E-state index contributed by atoms with van der Waals surface area (Å²) in [5, 5.41) is 3.74. The number of anilines is 1. The SMILES string of the molecule is COc1ccc(OC)c(NC(=O)C(C)OC(=O)C2CCCCC2c2nc3ccccc3s2)c1. The summed E-state index contributed by atoms with van der Waals surface area (Å²) >= 11 is 1.64. The van der Waals surface area contributed by atoms with Gasteiger partial charge < -0.3 is 19.5 Å². The maximum absolute atomic E-state index is 13.1. The maximum atomic E-state index is 13.1. The van der Waals surface area contributed by atoms with Crippen LogP contribution in [0.2, 0.25) is 0 Å². The zero-order valence-corrected chi connectivity index (χ0v) is 19.8. The molecule has 1 fully saturated rings. The average Bonchev–Trinajstić information content (AvgIpc) is 3.28. The van der Waals surface area contributed by atoms with Crippen molar-refractivity contribution in [2.45, 2.75) is 44.6 Å². The Morgan fingerprint density at radius 2 is 1.88 bits per heavy atom. The summed E-state index contributed by atoms with van der Waals surface area (Å²) < 4.78 is 17.3. The van der Waals surface area contributed by atoms with Crippen LogP contribution in [0.15, 0.2) is 42.5 Å². The van der Waals surface area contributed by atoms with Crippen LogP contribution < -0.4 is 14.8 Å². The lowest BCUT2D eigenvalue weighted by molar-refractivity contribution is -0.159. The second-order valence-corrected chi connectivity index (χ2v) is 9.21. The predicted octanol–water partition coefficient (Wildman–Crippen LogP) is 5.16.